The molecule has 240 valence electrons. The van der Waals surface area contributed by atoms with Crippen molar-refractivity contribution in [1.29, 1.82) is 0 Å². The highest BCUT2D eigenvalue weighted by molar-refractivity contribution is 6.06. The fraction of sp³-hybridized carbons (Fsp3) is 0.0612. The third kappa shape index (κ3) is 4.71. The first-order valence-electron chi connectivity index (χ1n) is 17.7. The van der Waals surface area contributed by atoms with Gasteiger partial charge in [-0.3, -0.25) is 0 Å². The summed E-state index contributed by atoms with van der Waals surface area (Å²) in [7, 11) is 0. The normalized spacial score (nSPS) is 13.1. The smallest absolute Gasteiger partial charge is 0.160 e. The van der Waals surface area contributed by atoms with E-state index in [9.17, 15) is 0 Å². The largest absolute Gasteiger partial charge is 0.228 e. The fourth-order valence-corrected chi connectivity index (χ4v) is 8.34. The van der Waals surface area contributed by atoms with E-state index in [1.54, 1.807) is 0 Å². The lowest BCUT2D eigenvalue weighted by Crippen LogP contribution is -2.15. The molecule has 0 radical (unpaired) electrons. The molecule has 0 fully saturated rings. The van der Waals surface area contributed by atoms with Crippen molar-refractivity contribution in [1.82, 2.24) is 9.97 Å². The minimum atomic E-state index is -0.120. The van der Waals surface area contributed by atoms with Gasteiger partial charge >= 0.3 is 0 Å². The summed E-state index contributed by atoms with van der Waals surface area (Å²) in [6.07, 6.45) is 0. The minimum Gasteiger partial charge on any atom is -0.228 e. The molecular weight excluding hydrogens is 617 g/mol. The molecule has 1 aliphatic carbocycles. The van der Waals surface area contributed by atoms with Gasteiger partial charge < -0.3 is 0 Å². The third-order valence-electron chi connectivity index (χ3n) is 10.9. The summed E-state index contributed by atoms with van der Waals surface area (Å²) in [5, 5.41) is 7.43. The van der Waals surface area contributed by atoms with Gasteiger partial charge in [0.1, 0.15) is 0 Å². The van der Waals surface area contributed by atoms with Crippen molar-refractivity contribution in [3.8, 4) is 56.2 Å². The number of hydrogen-bond acceptors (Lipinski definition) is 2. The first-order chi connectivity index (χ1) is 25.0. The Hall–Kier alpha value is -6.38. The molecular formula is C49H34N2. The number of nitrogens with zero attached hydrogens (tertiary/aromatic N) is 2. The van der Waals surface area contributed by atoms with Crippen LogP contribution in [0.3, 0.4) is 0 Å². The van der Waals surface area contributed by atoms with Gasteiger partial charge in [0.05, 0.1) is 11.4 Å². The van der Waals surface area contributed by atoms with Crippen molar-refractivity contribution >= 4 is 32.3 Å². The molecule has 1 heterocycles. The van der Waals surface area contributed by atoms with Crippen molar-refractivity contribution in [3.05, 3.63) is 181 Å². The van der Waals surface area contributed by atoms with E-state index in [0.29, 0.717) is 0 Å². The monoisotopic (exact) mass is 650 g/mol. The van der Waals surface area contributed by atoms with E-state index in [2.05, 4.69) is 166 Å². The van der Waals surface area contributed by atoms with Gasteiger partial charge in [-0.25, -0.2) is 9.97 Å². The predicted octanol–water partition coefficient (Wildman–Crippen LogP) is 12.9. The number of benzene rings is 8. The Balaban J connectivity index is 1.13. The Labute approximate surface area is 297 Å². The average molecular weight is 651 g/mol. The molecule has 0 bridgehead atoms. The Morgan fingerprint density at radius 3 is 1.78 bits per heavy atom. The molecule has 9 aromatic rings. The predicted molar refractivity (Wildman–Crippen MR) is 214 cm³/mol. The summed E-state index contributed by atoms with van der Waals surface area (Å²) in [5.41, 5.74) is 12.8. The molecule has 0 saturated carbocycles. The number of aromatic nitrogens is 2. The summed E-state index contributed by atoms with van der Waals surface area (Å²) >= 11 is 0. The van der Waals surface area contributed by atoms with E-state index < -0.39 is 0 Å². The van der Waals surface area contributed by atoms with E-state index in [0.717, 1.165) is 33.9 Å². The highest BCUT2D eigenvalue weighted by Crippen LogP contribution is 2.52. The summed E-state index contributed by atoms with van der Waals surface area (Å²) < 4.78 is 0. The summed E-state index contributed by atoms with van der Waals surface area (Å²) in [5.74, 6) is 0.720. The summed E-state index contributed by atoms with van der Waals surface area (Å²) in [4.78, 5) is 10.3. The van der Waals surface area contributed by atoms with Crippen molar-refractivity contribution in [2.24, 2.45) is 0 Å². The second-order valence-corrected chi connectivity index (χ2v) is 14.2. The first kappa shape index (κ1) is 29.5. The van der Waals surface area contributed by atoms with Crippen LogP contribution in [0.1, 0.15) is 25.0 Å². The van der Waals surface area contributed by atoms with Crippen LogP contribution in [-0.4, -0.2) is 9.97 Å². The number of fused-ring (bicyclic) bond motifs is 7. The molecule has 0 amide bonds. The SMILES string of the molecule is CC1(C)c2cc(-c3ccc(-c4cc(-c5ccc6ccccc6c5)nc(-c5ccccc5)n4)c4ccccc34)ccc2-c2ccc3ccccc3c21. The Morgan fingerprint density at radius 2 is 0.961 bits per heavy atom. The molecule has 0 N–H and O–H groups in total. The van der Waals surface area contributed by atoms with Gasteiger partial charge in [-0.15, -0.1) is 0 Å². The highest BCUT2D eigenvalue weighted by atomic mass is 14.9. The van der Waals surface area contributed by atoms with Crippen LogP contribution in [0, 0.1) is 0 Å². The molecule has 2 heteroatoms. The molecule has 1 aliphatic rings. The van der Waals surface area contributed by atoms with Crippen LogP contribution in [-0.2, 0) is 5.41 Å². The molecule has 2 nitrogen and oxygen atoms in total. The number of hydrogen-bond donors (Lipinski definition) is 0. The van der Waals surface area contributed by atoms with Gasteiger partial charge in [0, 0.05) is 22.1 Å². The molecule has 51 heavy (non-hydrogen) atoms. The zero-order chi connectivity index (χ0) is 34.1. The van der Waals surface area contributed by atoms with E-state index in [-0.39, 0.29) is 5.41 Å². The van der Waals surface area contributed by atoms with E-state index in [1.807, 2.05) is 18.2 Å². The minimum absolute atomic E-state index is 0.120. The summed E-state index contributed by atoms with van der Waals surface area (Å²) in [6, 6.07) is 61.2. The van der Waals surface area contributed by atoms with Gasteiger partial charge in [-0.1, -0.05) is 166 Å². The lowest BCUT2D eigenvalue weighted by molar-refractivity contribution is 0.666. The van der Waals surface area contributed by atoms with Crippen molar-refractivity contribution < 1.29 is 0 Å². The first-order valence-corrected chi connectivity index (χ1v) is 17.7. The van der Waals surface area contributed by atoms with Gasteiger partial charge in [0.15, 0.2) is 5.82 Å². The van der Waals surface area contributed by atoms with Gasteiger partial charge in [-0.05, 0) is 83.9 Å². The van der Waals surface area contributed by atoms with Crippen LogP contribution in [0.2, 0.25) is 0 Å². The lowest BCUT2D eigenvalue weighted by atomic mass is 9.79. The van der Waals surface area contributed by atoms with Gasteiger partial charge in [-0.2, -0.15) is 0 Å². The molecule has 0 unspecified atom stereocenters. The van der Waals surface area contributed by atoms with Crippen LogP contribution < -0.4 is 0 Å². The molecule has 0 aliphatic heterocycles. The topological polar surface area (TPSA) is 25.8 Å². The fourth-order valence-electron chi connectivity index (χ4n) is 8.34. The van der Waals surface area contributed by atoms with Crippen LogP contribution >= 0.6 is 0 Å². The zero-order valence-corrected chi connectivity index (χ0v) is 28.6. The molecule has 0 saturated heterocycles. The Bertz CT molecular complexity index is 2830. The molecule has 0 atom stereocenters. The Kier molecular flexibility index (Phi) is 6.56. The van der Waals surface area contributed by atoms with Crippen molar-refractivity contribution in [2.75, 3.05) is 0 Å². The molecule has 1 aromatic heterocycles. The van der Waals surface area contributed by atoms with E-state index >= 15 is 0 Å². The Morgan fingerprint density at radius 1 is 0.373 bits per heavy atom. The standard InChI is InChI=1S/C49H34N2/c1-49(2)44-29-35(23-24-41(44)43-25-22-32-13-8-9-17-38(32)47(43)49)37-26-27-42(40-19-11-10-18-39(37)40)46-30-45(50-48(51-46)33-14-4-3-5-15-33)36-21-20-31-12-6-7-16-34(31)28-36/h3-30H,1-2H3. The third-order valence-corrected chi connectivity index (χ3v) is 10.9. The van der Waals surface area contributed by atoms with Crippen LogP contribution in [0.5, 0.6) is 0 Å². The maximum Gasteiger partial charge on any atom is 0.160 e. The van der Waals surface area contributed by atoms with E-state index in [1.165, 1.54) is 65.7 Å². The van der Waals surface area contributed by atoms with Gasteiger partial charge in [0.25, 0.3) is 0 Å². The number of rotatable bonds is 4. The summed E-state index contributed by atoms with van der Waals surface area (Å²) in [6.45, 7) is 4.75. The van der Waals surface area contributed by atoms with E-state index in [4.69, 9.17) is 9.97 Å². The molecule has 0 spiro atoms. The quantitative estimate of drug-likeness (QED) is 0.189. The van der Waals surface area contributed by atoms with Crippen molar-refractivity contribution in [2.45, 2.75) is 19.3 Å². The molecule has 10 rings (SSSR count). The molecule has 8 aromatic carbocycles. The average Bonchev–Trinajstić information content (AvgIpc) is 3.43. The van der Waals surface area contributed by atoms with Crippen LogP contribution in [0.25, 0.3) is 88.5 Å². The maximum atomic E-state index is 5.22. The highest BCUT2D eigenvalue weighted by Gasteiger charge is 2.37. The van der Waals surface area contributed by atoms with Gasteiger partial charge in [0.2, 0.25) is 0 Å². The van der Waals surface area contributed by atoms with Crippen LogP contribution in [0.15, 0.2) is 170 Å². The lowest BCUT2D eigenvalue weighted by Gasteiger charge is -2.24. The van der Waals surface area contributed by atoms with Crippen molar-refractivity contribution in [3.63, 3.8) is 0 Å². The second kappa shape index (κ2) is 11.3. The zero-order valence-electron chi connectivity index (χ0n) is 28.6. The van der Waals surface area contributed by atoms with Crippen LogP contribution in [0.4, 0.5) is 0 Å². The maximum absolute atomic E-state index is 5.22. The second-order valence-electron chi connectivity index (χ2n) is 14.2.